The maximum Gasteiger partial charge on any atom is 0.254 e. The van der Waals surface area contributed by atoms with E-state index in [1.54, 1.807) is 18.3 Å². The number of hydrogen-bond donors (Lipinski definition) is 1. The van der Waals surface area contributed by atoms with Crippen LogP contribution in [0, 0.1) is 5.92 Å². The highest BCUT2D eigenvalue weighted by atomic mass is 35.5. The minimum Gasteiger partial charge on any atom is -0.356 e. The summed E-state index contributed by atoms with van der Waals surface area (Å²) in [5, 5.41) is 3.16. The second-order valence-corrected chi connectivity index (χ2v) is 5.43. The Balaban J connectivity index is 1.87. The van der Waals surface area contributed by atoms with Crippen LogP contribution in [0.2, 0.25) is 5.15 Å². The number of nitrogens with zero attached hydrogens (tertiary/aromatic N) is 2. The summed E-state index contributed by atoms with van der Waals surface area (Å²) < 4.78 is 0. The van der Waals surface area contributed by atoms with E-state index in [0.717, 1.165) is 12.8 Å². The maximum atomic E-state index is 12.3. The molecule has 0 atom stereocenters. The summed E-state index contributed by atoms with van der Waals surface area (Å²) in [6, 6.07) is 3.27. The Bertz CT molecular complexity index is 499. The Kier molecular flexibility index (Phi) is 4.95. The molecule has 0 saturated carbocycles. The van der Waals surface area contributed by atoms with Crippen molar-refractivity contribution in [2.45, 2.75) is 19.8 Å². The summed E-state index contributed by atoms with van der Waals surface area (Å²) >= 11 is 5.80. The van der Waals surface area contributed by atoms with Gasteiger partial charge in [0.25, 0.3) is 5.91 Å². The van der Waals surface area contributed by atoms with Gasteiger partial charge in [-0.3, -0.25) is 9.59 Å². The zero-order chi connectivity index (χ0) is 14.5. The molecule has 2 rings (SSSR count). The molecular formula is C14H18ClN3O2. The molecular weight excluding hydrogens is 278 g/mol. The van der Waals surface area contributed by atoms with Gasteiger partial charge in [-0.05, 0) is 30.9 Å². The number of carbonyl (C=O) groups is 2. The van der Waals surface area contributed by atoms with Crippen LogP contribution in [0.3, 0.4) is 0 Å². The van der Waals surface area contributed by atoms with Gasteiger partial charge in [-0.15, -0.1) is 0 Å². The average Bonchev–Trinajstić information content (AvgIpc) is 2.45. The number of amides is 2. The Morgan fingerprint density at radius 2 is 2.15 bits per heavy atom. The van der Waals surface area contributed by atoms with Crippen molar-refractivity contribution in [3.05, 3.63) is 29.0 Å². The first-order valence-electron chi connectivity index (χ1n) is 6.71. The highest BCUT2D eigenvalue weighted by Crippen LogP contribution is 2.19. The summed E-state index contributed by atoms with van der Waals surface area (Å²) in [5.41, 5.74) is 0.574. The molecule has 1 aliphatic heterocycles. The first kappa shape index (κ1) is 14.8. The Morgan fingerprint density at radius 1 is 1.45 bits per heavy atom. The summed E-state index contributed by atoms with van der Waals surface area (Å²) in [6.45, 7) is 3.64. The first-order valence-corrected chi connectivity index (χ1v) is 7.09. The van der Waals surface area contributed by atoms with Gasteiger partial charge in [-0.1, -0.05) is 11.6 Å². The maximum absolute atomic E-state index is 12.3. The highest BCUT2D eigenvalue weighted by molar-refractivity contribution is 6.29. The Labute approximate surface area is 123 Å². The Morgan fingerprint density at radius 3 is 2.75 bits per heavy atom. The molecule has 2 amide bonds. The molecule has 5 nitrogen and oxygen atoms in total. The van der Waals surface area contributed by atoms with E-state index in [1.165, 1.54) is 6.92 Å². The van der Waals surface area contributed by atoms with Gasteiger partial charge in [0.2, 0.25) is 5.91 Å². The zero-order valence-corrected chi connectivity index (χ0v) is 12.2. The normalized spacial score (nSPS) is 16.0. The van der Waals surface area contributed by atoms with Crippen molar-refractivity contribution >= 4 is 23.4 Å². The van der Waals surface area contributed by atoms with E-state index >= 15 is 0 Å². The fraction of sp³-hybridized carbons (Fsp3) is 0.500. The largest absolute Gasteiger partial charge is 0.356 e. The number of carbonyl (C=O) groups excluding carboxylic acids is 2. The van der Waals surface area contributed by atoms with E-state index < -0.39 is 0 Å². The SMILES string of the molecule is CC(=O)NCC1CCN(C(=O)c2ccnc(Cl)c2)CC1. The number of pyridine rings is 1. The lowest BCUT2D eigenvalue weighted by Gasteiger charge is -2.32. The van der Waals surface area contributed by atoms with Crippen molar-refractivity contribution in [2.24, 2.45) is 5.92 Å². The molecule has 0 spiro atoms. The highest BCUT2D eigenvalue weighted by Gasteiger charge is 2.23. The predicted molar refractivity (Wildman–Crippen MR) is 76.6 cm³/mol. The van der Waals surface area contributed by atoms with Crippen LogP contribution < -0.4 is 5.32 Å². The van der Waals surface area contributed by atoms with Gasteiger partial charge >= 0.3 is 0 Å². The lowest BCUT2D eigenvalue weighted by atomic mass is 9.96. The first-order chi connectivity index (χ1) is 9.56. The number of aromatic nitrogens is 1. The summed E-state index contributed by atoms with van der Waals surface area (Å²) in [6.07, 6.45) is 3.36. The van der Waals surface area contributed by atoms with Gasteiger partial charge in [0.15, 0.2) is 0 Å². The minimum absolute atomic E-state index is 0.00469. The number of likely N-dealkylation sites (tertiary alicyclic amines) is 1. The van der Waals surface area contributed by atoms with Crippen LogP contribution in [0.5, 0.6) is 0 Å². The topological polar surface area (TPSA) is 62.3 Å². The molecule has 0 unspecified atom stereocenters. The van der Waals surface area contributed by atoms with E-state index in [9.17, 15) is 9.59 Å². The molecule has 0 aromatic carbocycles. The lowest BCUT2D eigenvalue weighted by molar-refractivity contribution is -0.119. The third kappa shape index (κ3) is 3.93. The molecule has 1 aromatic heterocycles. The fourth-order valence-electron chi connectivity index (χ4n) is 2.35. The molecule has 1 aromatic rings. The second-order valence-electron chi connectivity index (χ2n) is 5.04. The molecule has 1 N–H and O–H groups in total. The molecule has 108 valence electrons. The van der Waals surface area contributed by atoms with E-state index in [4.69, 9.17) is 11.6 Å². The Hall–Kier alpha value is -1.62. The van der Waals surface area contributed by atoms with Crippen LogP contribution in [-0.4, -0.2) is 41.3 Å². The monoisotopic (exact) mass is 295 g/mol. The molecule has 1 aliphatic rings. The van der Waals surface area contributed by atoms with Crippen LogP contribution in [0.15, 0.2) is 18.3 Å². The molecule has 20 heavy (non-hydrogen) atoms. The fourth-order valence-corrected chi connectivity index (χ4v) is 2.52. The van der Waals surface area contributed by atoms with E-state index in [1.807, 2.05) is 4.90 Å². The number of halogens is 1. The minimum atomic E-state index is -0.00715. The lowest BCUT2D eigenvalue weighted by Crippen LogP contribution is -2.41. The predicted octanol–water partition coefficient (Wildman–Crippen LogP) is 1.72. The van der Waals surface area contributed by atoms with Crippen LogP contribution in [0.4, 0.5) is 0 Å². The summed E-state index contributed by atoms with van der Waals surface area (Å²) in [5.74, 6) is 0.436. The number of piperidine rings is 1. The van der Waals surface area contributed by atoms with Crippen molar-refractivity contribution in [3.63, 3.8) is 0 Å². The van der Waals surface area contributed by atoms with E-state index in [0.29, 0.717) is 36.3 Å². The van der Waals surface area contributed by atoms with Crippen LogP contribution in [-0.2, 0) is 4.79 Å². The van der Waals surface area contributed by atoms with Crippen molar-refractivity contribution in [1.29, 1.82) is 0 Å². The third-order valence-electron chi connectivity index (χ3n) is 3.51. The summed E-state index contributed by atoms with van der Waals surface area (Å²) in [4.78, 5) is 28.9. The standard InChI is InChI=1S/C14H18ClN3O2/c1-10(19)17-9-11-3-6-18(7-4-11)14(20)12-2-5-16-13(15)8-12/h2,5,8,11H,3-4,6-7,9H2,1H3,(H,17,19). The van der Waals surface area contributed by atoms with Gasteiger partial charge in [0.1, 0.15) is 5.15 Å². The molecule has 6 heteroatoms. The van der Waals surface area contributed by atoms with Crippen molar-refractivity contribution < 1.29 is 9.59 Å². The van der Waals surface area contributed by atoms with E-state index in [2.05, 4.69) is 10.3 Å². The van der Waals surface area contributed by atoms with Gasteiger partial charge in [-0.2, -0.15) is 0 Å². The molecule has 1 fully saturated rings. The van der Waals surface area contributed by atoms with Gasteiger partial charge < -0.3 is 10.2 Å². The quantitative estimate of drug-likeness (QED) is 0.864. The van der Waals surface area contributed by atoms with Crippen molar-refractivity contribution in [1.82, 2.24) is 15.2 Å². The summed E-state index contributed by atoms with van der Waals surface area (Å²) in [7, 11) is 0. The zero-order valence-electron chi connectivity index (χ0n) is 11.4. The molecule has 1 saturated heterocycles. The number of hydrogen-bond acceptors (Lipinski definition) is 3. The van der Waals surface area contributed by atoms with Gasteiger partial charge in [0.05, 0.1) is 0 Å². The third-order valence-corrected chi connectivity index (χ3v) is 3.72. The van der Waals surface area contributed by atoms with Crippen molar-refractivity contribution in [3.8, 4) is 0 Å². The van der Waals surface area contributed by atoms with Gasteiger partial charge in [0, 0.05) is 38.3 Å². The number of nitrogens with one attached hydrogen (secondary N) is 1. The van der Waals surface area contributed by atoms with Gasteiger partial charge in [-0.25, -0.2) is 4.98 Å². The molecule has 2 heterocycles. The molecule has 0 bridgehead atoms. The average molecular weight is 296 g/mol. The van der Waals surface area contributed by atoms with Crippen molar-refractivity contribution in [2.75, 3.05) is 19.6 Å². The molecule has 0 radical (unpaired) electrons. The smallest absolute Gasteiger partial charge is 0.254 e. The van der Waals surface area contributed by atoms with E-state index in [-0.39, 0.29) is 11.8 Å². The second kappa shape index (κ2) is 6.70. The van der Waals surface area contributed by atoms with Crippen LogP contribution in [0.1, 0.15) is 30.1 Å². The van der Waals surface area contributed by atoms with Crippen LogP contribution >= 0.6 is 11.6 Å². The number of rotatable bonds is 3. The molecule has 0 aliphatic carbocycles. The van der Waals surface area contributed by atoms with Crippen LogP contribution in [0.25, 0.3) is 0 Å².